The number of imide groups is 2. The van der Waals surface area contributed by atoms with Gasteiger partial charge in [0.2, 0.25) is 11.8 Å². The Morgan fingerprint density at radius 1 is 0.983 bits per heavy atom. The Labute approximate surface area is 339 Å². The second-order valence-electron chi connectivity index (χ2n) is 16.8. The molecule has 6 heterocycles. The van der Waals surface area contributed by atoms with Crippen LogP contribution in [0.3, 0.4) is 0 Å². The largest absolute Gasteiger partial charge is 0.507 e. The fraction of sp³-hybridized carbons (Fsp3) is 0.535. The van der Waals surface area contributed by atoms with Crippen molar-refractivity contribution >= 4 is 35.0 Å². The molecule has 0 bridgehead atoms. The van der Waals surface area contributed by atoms with E-state index in [-0.39, 0.29) is 36.6 Å². The van der Waals surface area contributed by atoms with E-state index < -0.39 is 23.8 Å². The molecule has 8 rings (SSSR count). The van der Waals surface area contributed by atoms with E-state index in [9.17, 15) is 24.3 Å². The maximum atomic E-state index is 13.4. The van der Waals surface area contributed by atoms with Crippen molar-refractivity contribution in [3.63, 3.8) is 0 Å². The molecule has 4 amide bonds. The number of phenolic OH excluding ortho intramolecular Hbond substituents is 1. The van der Waals surface area contributed by atoms with Gasteiger partial charge in [0.15, 0.2) is 0 Å². The number of allylic oxidation sites excluding steroid dienone is 1. The molecule has 0 aromatic heterocycles. The summed E-state index contributed by atoms with van der Waals surface area (Å²) >= 11 is 0. The number of ether oxygens (including phenoxy) is 1. The zero-order valence-corrected chi connectivity index (χ0v) is 33.3. The lowest BCUT2D eigenvalue weighted by Gasteiger charge is -2.47. The van der Waals surface area contributed by atoms with Crippen LogP contribution in [-0.2, 0) is 14.3 Å². The topological polar surface area (TPSA) is 199 Å². The molecule has 4 saturated heterocycles. The number of hydrogen-bond donors (Lipinski definition) is 6. The number of benzene rings is 2. The number of carbonyl (C=O) groups excluding carboxylic acids is 4. The molecule has 0 aliphatic carbocycles. The van der Waals surface area contributed by atoms with Gasteiger partial charge in [0, 0.05) is 81.8 Å². The number of nitrogens with zero attached hydrogens (tertiary/aromatic N) is 4. The number of piperidine rings is 2. The summed E-state index contributed by atoms with van der Waals surface area (Å²) in [5, 5.41) is 19.9. The van der Waals surface area contributed by atoms with E-state index in [0.717, 1.165) is 101 Å². The molecule has 8 N–H and O–H groups in total. The lowest BCUT2D eigenvalue weighted by atomic mass is 9.85. The first-order valence-corrected chi connectivity index (χ1v) is 21.0. The van der Waals surface area contributed by atoms with Crippen molar-refractivity contribution in [3.8, 4) is 5.75 Å². The number of phenols is 1. The van der Waals surface area contributed by atoms with Crippen molar-refractivity contribution in [3.05, 3.63) is 76.7 Å². The van der Waals surface area contributed by atoms with Gasteiger partial charge in [-0.1, -0.05) is 25.5 Å². The number of anilines is 1. The number of fused-ring (bicyclic) bond motifs is 2. The Hall–Kier alpha value is -5.12. The third-order valence-corrected chi connectivity index (χ3v) is 13.2. The third-order valence-electron chi connectivity index (χ3n) is 13.2. The number of nitrogens with one attached hydrogen (secondary N) is 3. The van der Waals surface area contributed by atoms with Gasteiger partial charge in [-0.3, -0.25) is 34.3 Å². The minimum absolute atomic E-state index is 0.0954. The Morgan fingerprint density at radius 2 is 1.78 bits per heavy atom. The number of amides is 4. The second kappa shape index (κ2) is 17.0. The summed E-state index contributed by atoms with van der Waals surface area (Å²) in [6.45, 7) is 10.8. The standard InChI is InChI=1S/C43H57N9O6/c1-2-27-24-58-25-29(17-28(27)22-49-15-16-51-31(23-49)21-47-40(45)37(51)19-35(44)33-5-3-4-6-38(33)53)46-20-26-11-13-50(14-12-26)30-7-8-32-34(18-30)43(57)52(42(32)56)36-9-10-39(54)48-41(36)55/h3-8,18-19,26-29,31,36,46-47,53H,2,9-17,20-25,44-45H2,1H3,(H,48,54,55)/b35-19-. The normalized spacial score (nSPS) is 27.6. The highest BCUT2D eigenvalue weighted by Gasteiger charge is 2.45. The number of carbonyl (C=O) groups is 4. The van der Waals surface area contributed by atoms with Crippen LogP contribution in [0.1, 0.15) is 71.7 Å². The molecule has 2 aromatic carbocycles. The molecule has 6 aliphatic rings. The molecule has 5 unspecified atom stereocenters. The van der Waals surface area contributed by atoms with Gasteiger partial charge in [0.25, 0.3) is 11.8 Å². The molecular weight excluding hydrogens is 739 g/mol. The smallest absolute Gasteiger partial charge is 0.262 e. The summed E-state index contributed by atoms with van der Waals surface area (Å²) in [6, 6.07) is 12.0. The fourth-order valence-electron chi connectivity index (χ4n) is 9.81. The first-order chi connectivity index (χ1) is 28.1. The van der Waals surface area contributed by atoms with Gasteiger partial charge in [-0.05, 0) is 86.4 Å². The van der Waals surface area contributed by atoms with Crippen molar-refractivity contribution in [2.45, 2.75) is 63.6 Å². The van der Waals surface area contributed by atoms with Crippen LogP contribution in [0.5, 0.6) is 5.75 Å². The molecule has 0 saturated carbocycles. The molecule has 15 nitrogen and oxygen atoms in total. The predicted molar refractivity (Wildman–Crippen MR) is 219 cm³/mol. The van der Waals surface area contributed by atoms with Gasteiger partial charge in [-0.25, -0.2) is 0 Å². The first kappa shape index (κ1) is 39.7. The van der Waals surface area contributed by atoms with Crippen molar-refractivity contribution in [1.29, 1.82) is 0 Å². The molecule has 15 heteroatoms. The summed E-state index contributed by atoms with van der Waals surface area (Å²) in [6.07, 6.45) is 6.27. The number of piperazine rings is 1. The summed E-state index contributed by atoms with van der Waals surface area (Å²) in [5.74, 6) is 0.312. The molecule has 0 radical (unpaired) electrons. The van der Waals surface area contributed by atoms with Gasteiger partial charge in [-0.2, -0.15) is 0 Å². The second-order valence-corrected chi connectivity index (χ2v) is 16.8. The van der Waals surface area contributed by atoms with E-state index in [1.807, 2.05) is 24.3 Å². The average Bonchev–Trinajstić information content (AvgIpc) is 3.33. The van der Waals surface area contributed by atoms with Crippen molar-refractivity contribution in [2.75, 3.05) is 70.5 Å². The van der Waals surface area contributed by atoms with Crippen LogP contribution in [0.2, 0.25) is 0 Å². The van der Waals surface area contributed by atoms with E-state index in [4.69, 9.17) is 16.2 Å². The van der Waals surface area contributed by atoms with Crippen LogP contribution in [0.25, 0.3) is 5.70 Å². The quantitative estimate of drug-likeness (QED) is 0.191. The summed E-state index contributed by atoms with van der Waals surface area (Å²) in [5.41, 5.74) is 16.4. The predicted octanol–water partition coefficient (Wildman–Crippen LogP) is 1.75. The summed E-state index contributed by atoms with van der Waals surface area (Å²) in [7, 11) is 0. The number of rotatable bonds is 10. The van der Waals surface area contributed by atoms with Gasteiger partial charge < -0.3 is 41.7 Å². The Morgan fingerprint density at radius 3 is 2.55 bits per heavy atom. The van der Waals surface area contributed by atoms with E-state index >= 15 is 0 Å². The van der Waals surface area contributed by atoms with Gasteiger partial charge in [0.05, 0.1) is 29.5 Å². The Bertz CT molecular complexity index is 1980. The minimum atomic E-state index is -0.970. The number of nitrogens with two attached hydrogens (primary N) is 2. The van der Waals surface area contributed by atoms with E-state index in [1.165, 1.54) is 0 Å². The molecule has 5 atom stereocenters. The van der Waals surface area contributed by atoms with Gasteiger partial charge >= 0.3 is 0 Å². The van der Waals surface area contributed by atoms with Crippen LogP contribution >= 0.6 is 0 Å². The lowest BCUT2D eigenvalue weighted by molar-refractivity contribution is -0.136. The molecular formula is C43H57N9O6. The van der Waals surface area contributed by atoms with Crippen molar-refractivity contribution in [2.24, 2.45) is 29.2 Å². The maximum absolute atomic E-state index is 13.4. The molecule has 4 fully saturated rings. The van der Waals surface area contributed by atoms with Crippen LogP contribution in [0, 0.1) is 17.8 Å². The SMILES string of the molecule is CCC1COCC(NCC2CCN(c3ccc4c(c3)C(=O)N(C3CCC(=O)NC3=O)C4=O)CC2)CC1CN1CCN2C(/C=C(\N)c3ccccc3O)=C(N)NCC2C1. The van der Waals surface area contributed by atoms with E-state index in [0.29, 0.717) is 52.6 Å². The van der Waals surface area contributed by atoms with Crippen LogP contribution in [0.4, 0.5) is 5.69 Å². The van der Waals surface area contributed by atoms with Gasteiger partial charge in [-0.15, -0.1) is 0 Å². The average molecular weight is 796 g/mol. The highest BCUT2D eigenvalue weighted by molar-refractivity contribution is 6.23. The zero-order valence-electron chi connectivity index (χ0n) is 33.3. The number of aromatic hydroxyl groups is 1. The van der Waals surface area contributed by atoms with Gasteiger partial charge in [0.1, 0.15) is 17.6 Å². The molecule has 0 spiro atoms. The number of para-hydroxylation sites is 1. The van der Waals surface area contributed by atoms with Crippen molar-refractivity contribution in [1.82, 2.24) is 30.7 Å². The number of hydrogen-bond acceptors (Lipinski definition) is 13. The molecule has 2 aromatic rings. The lowest BCUT2D eigenvalue weighted by Crippen LogP contribution is -2.60. The minimum Gasteiger partial charge on any atom is -0.507 e. The highest BCUT2D eigenvalue weighted by Crippen LogP contribution is 2.34. The van der Waals surface area contributed by atoms with Crippen molar-refractivity contribution < 1.29 is 29.0 Å². The molecule has 6 aliphatic heterocycles. The monoisotopic (exact) mass is 795 g/mol. The molecule has 310 valence electrons. The zero-order chi connectivity index (χ0) is 40.5. The summed E-state index contributed by atoms with van der Waals surface area (Å²) < 4.78 is 6.29. The van der Waals surface area contributed by atoms with E-state index in [2.05, 4.69) is 37.6 Å². The Kier molecular flexibility index (Phi) is 11.6. The summed E-state index contributed by atoms with van der Waals surface area (Å²) in [4.78, 5) is 59.0. The third kappa shape index (κ3) is 8.12. The van der Waals surface area contributed by atoms with Crippen LogP contribution in [0.15, 0.2) is 60.1 Å². The molecule has 58 heavy (non-hydrogen) atoms. The fourth-order valence-corrected chi connectivity index (χ4v) is 9.81. The maximum Gasteiger partial charge on any atom is 0.262 e. The highest BCUT2D eigenvalue weighted by atomic mass is 16.5. The van der Waals surface area contributed by atoms with Crippen LogP contribution < -0.4 is 32.3 Å². The Balaban J connectivity index is 0.830. The van der Waals surface area contributed by atoms with E-state index in [1.54, 1.807) is 24.3 Å². The van der Waals surface area contributed by atoms with Crippen LogP contribution in [-0.4, -0.2) is 127 Å². The first-order valence-electron chi connectivity index (χ1n) is 21.0.